The van der Waals surface area contributed by atoms with E-state index in [0.717, 1.165) is 3.57 Å². The van der Waals surface area contributed by atoms with Crippen LogP contribution in [0.25, 0.3) is 0 Å². The first-order chi connectivity index (χ1) is 11.3. The molecule has 0 atom stereocenters. The fraction of sp³-hybridized carbons (Fsp3) is 0.118. The monoisotopic (exact) mass is 437 g/mol. The first-order valence-electron chi connectivity index (χ1n) is 7.10. The van der Waals surface area contributed by atoms with Crippen LogP contribution in [0.5, 0.6) is 0 Å². The average Bonchev–Trinajstić information content (AvgIpc) is 2.48. The van der Waals surface area contributed by atoms with Crippen molar-refractivity contribution in [2.45, 2.75) is 13.8 Å². The molecule has 2 rings (SSSR count). The Morgan fingerprint density at radius 2 is 1.25 bits per heavy atom. The summed E-state index contributed by atoms with van der Waals surface area (Å²) in [7, 11) is 0. The number of benzene rings is 2. The minimum absolute atomic E-state index is 0.265. The summed E-state index contributed by atoms with van der Waals surface area (Å²) in [5.74, 6) is -0.868. The van der Waals surface area contributed by atoms with E-state index in [4.69, 9.17) is 0 Å². The van der Waals surface area contributed by atoms with Crippen LogP contribution in [-0.2, 0) is 9.59 Å². The molecule has 2 aromatic carbocycles. The minimum atomic E-state index is -0.338. The second-order valence-corrected chi connectivity index (χ2v) is 6.37. The summed E-state index contributed by atoms with van der Waals surface area (Å²) in [6.45, 7) is 2.74. The summed E-state index contributed by atoms with van der Waals surface area (Å²) in [5.41, 5.74) is 1.85. The first kappa shape index (κ1) is 17.9. The Morgan fingerprint density at radius 1 is 0.750 bits per heavy atom. The molecule has 0 aliphatic carbocycles. The van der Waals surface area contributed by atoms with Crippen LogP contribution >= 0.6 is 22.6 Å². The van der Waals surface area contributed by atoms with Gasteiger partial charge in [-0.25, -0.2) is 0 Å². The van der Waals surface area contributed by atoms with Crippen molar-refractivity contribution >= 4 is 57.4 Å². The number of amides is 3. The lowest BCUT2D eigenvalue weighted by Gasteiger charge is -2.11. The van der Waals surface area contributed by atoms with Gasteiger partial charge in [0, 0.05) is 40.0 Å². The van der Waals surface area contributed by atoms with Gasteiger partial charge < -0.3 is 16.0 Å². The van der Waals surface area contributed by atoms with E-state index < -0.39 is 0 Å². The predicted octanol–water partition coefficient (Wildman–Crippen LogP) is 3.46. The Bertz CT molecular complexity index is 754. The molecule has 0 heterocycles. The maximum atomic E-state index is 12.4. The van der Waals surface area contributed by atoms with E-state index in [1.54, 1.807) is 30.3 Å². The fourth-order valence-electron chi connectivity index (χ4n) is 2.05. The smallest absolute Gasteiger partial charge is 0.255 e. The summed E-state index contributed by atoms with van der Waals surface area (Å²) in [6, 6.07) is 12.0. The highest BCUT2D eigenvalue weighted by molar-refractivity contribution is 14.1. The molecule has 0 aromatic heterocycles. The third-order valence-electron chi connectivity index (χ3n) is 2.94. The van der Waals surface area contributed by atoms with Crippen molar-refractivity contribution in [3.05, 3.63) is 51.6 Å². The topological polar surface area (TPSA) is 87.3 Å². The van der Waals surface area contributed by atoms with Crippen LogP contribution in [0, 0.1) is 3.57 Å². The van der Waals surface area contributed by atoms with Crippen molar-refractivity contribution in [1.82, 2.24) is 0 Å². The van der Waals surface area contributed by atoms with Crippen LogP contribution in [0.4, 0.5) is 17.1 Å². The molecule has 3 amide bonds. The van der Waals surface area contributed by atoms with Gasteiger partial charge in [-0.1, -0.05) is 0 Å². The second-order valence-electron chi connectivity index (χ2n) is 5.12. The van der Waals surface area contributed by atoms with Gasteiger partial charge in [0.05, 0.1) is 0 Å². The van der Waals surface area contributed by atoms with Crippen LogP contribution < -0.4 is 16.0 Å². The van der Waals surface area contributed by atoms with Crippen molar-refractivity contribution in [2.24, 2.45) is 0 Å². The molecule has 0 fully saturated rings. The van der Waals surface area contributed by atoms with E-state index >= 15 is 0 Å². The highest BCUT2D eigenvalue weighted by atomic mass is 127. The molecule has 6 nitrogen and oxygen atoms in total. The van der Waals surface area contributed by atoms with E-state index in [9.17, 15) is 14.4 Å². The molecule has 124 valence electrons. The van der Waals surface area contributed by atoms with Gasteiger partial charge in [-0.2, -0.15) is 0 Å². The quantitative estimate of drug-likeness (QED) is 0.641. The van der Waals surface area contributed by atoms with Gasteiger partial charge in [0.25, 0.3) is 5.91 Å². The third-order valence-corrected chi connectivity index (χ3v) is 3.66. The van der Waals surface area contributed by atoms with E-state index in [1.165, 1.54) is 13.8 Å². The molecule has 0 saturated heterocycles. The van der Waals surface area contributed by atoms with Crippen LogP contribution in [0.15, 0.2) is 42.5 Å². The molecule has 2 aromatic rings. The van der Waals surface area contributed by atoms with Crippen molar-refractivity contribution in [1.29, 1.82) is 0 Å². The second kappa shape index (κ2) is 7.91. The molecule has 24 heavy (non-hydrogen) atoms. The van der Waals surface area contributed by atoms with Gasteiger partial charge in [0.15, 0.2) is 0 Å². The highest BCUT2D eigenvalue weighted by Crippen LogP contribution is 2.21. The molecule has 0 saturated carbocycles. The Labute approximate surface area is 153 Å². The molecule has 0 unspecified atom stereocenters. The molecule has 0 radical (unpaired) electrons. The lowest BCUT2D eigenvalue weighted by atomic mass is 10.1. The van der Waals surface area contributed by atoms with Gasteiger partial charge in [-0.3, -0.25) is 14.4 Å². The van der Waals surface area contributed by atoms with E-state index in [-0.39, 0.29) is 17.7 Å². The van der Waals surface area contributed by atoms with E-state index in [0.29, 0.717) is 22.6 Å². The van der Waals surface area contributed by atoms with E-state index in [1.807, 2.05) is 12.1 Å². The molecule has 0 aliphatic heterocycles. The fourth-order valence-corrected chi connectivity index (χ4v) is 2.41. The van der Waals surface area contributed by atoms with Gasteiger partial charge in [0.1, 0.15) is 0 Å². The number of anilines is 3. The average molecular weight is 437 g/mol. The maximum absolute atomic E-state index is 12.4. The van der Waals surface area contributed by atoms with Crippen molar-refractivity contribution in [3.8, 4) is 0 Å². The Morgan fingerprint density at radius 3 is 1.71 bits per heavy atom. The molecular weight excluding hydrogens is 421 g/mol. The van der Waals surface area contributed by atoms with Crippen LogP contribution in [0.3, 0.4) is 0 Å². The Balaban J connectivity index is 2.28. The number of hydrogen-bond acceptors (Lipinski definition) is 3. The zero-order valence-corrected chi connectivity index (χ0v) is 15.3. The van der Waals surface area contributed by atoms with Crippen LogP contribution in [0.2, 0.25) is 0 Å². The number of nitrogens with one attached hydrogen (secondary N) is 3. The standard InChI is InChI=1S/C17H16IN3O3/c1-10(22)19-15-7-12(8-16(9-15)20-11(2)23)17(24)21-14-5-3-13(18)4-6-14/h3-9H,1-2H3,(H,19,22)(H,20,23)(H,21,24). The van der Waals surface area contributed by atoms with Gasteiger partial charge in [-0.05, 0) is 65.1 Å². The molecule has 0 bridgehead atoms. The zero-order valence-electron chi connectivity index (χ0n) is 13.1. The third kappa shape index (κ3) is 5.34. The molecule has 7 heteroatoms. The highest BCUT2D eigenvalue weighted by Gasteiger charge is 2.11. The number of carbonyl (C=O) groups excluding carboxylic acids is 3. The summed E-state index contributed by atoms with van der Waals surface area (Å²) in [4.78, 5) is 34.9. The SMILES string of the molecule is CC(=O)Nc1cc(NC(C)=O)cc(C(=O)Nc2ccc(I)cc2)c1. The summed E-state index contributed by atoms with van der Waals surface area (Å²) < 4.78 is 1.06. The van der Waals surface area contributed by atoms with Crippen LogP contribution in [-0.4, -0.2) is 17.7 Å². The molecule has 0 aliphatic rings. The normalized spacial score (nSPS) is 9.96. The largest absolute Gasteiger partial charge is 0.326 e. The predicted molar refractivity (Wildman–Crippen MR) is 102 cm³/mol. The zero-order chi connectivity index (χ0) is 17.7. The minimum Gasteiger partial charge on any atom is -0.326 e. The number of halogens is 1. The van der Waals surface area contributed by atoms with Gasteiger partial charge in [-0.15, -0.1) is 0 Å². The number of hydrogen-bond donors (Lipinski definition) is 3. The Hall–Kier alpha value is -2.42. The first-order valence-corrected chi connectivity index (χ1v) is 8.18. The Kier molecular flexibility index (Phi) is 5.91. The van der Waals surface area contributed by atoms with Gasteiger partial charge in [0.2, 0.25) is 11.8 Å². The summed E-state index contributed by atoms with van der Waals surface area (Å²) in [5, 5.41) is 8.01. The lowest BCUT2D eigenvalue weighted by Crippen LogP contribution is -2.15. The number of rotatable bonds is 4. The van der Waals surface area contributed by atoms with Crippen molar-refractivity contribution < 1.29 is 14.4 Å². The maximum Gasteiger partial charge on any atom is 0.255 e. The molecular formula is C17H16IN3O3. The lowest BCUT2D eigenvalue weighted by molar-refractivity contribution is -0.115. The van der Waals surface area contributed by atoms with Crippen LogP contribution in [0.1, 0.15) is 24.2 Å². The van der Waals surface area contributed by atoms with E-state index in [2.05, 4.69) is 38.5 Å². The number of carbonyl (C=O) groups is 3. The van der Waals surface area contributed by atoms with Gasteiger partial charge >= 0.3 is 0 Å². The van der Waals surface area contributed by atoms with Crippen molar-refractivity contribution in [3.63, 3.8) is 0 Å². The van der Waals surface area contributed by atoms with Crippen molar-refractivity contribution in [2.75, 3.05) is 16.0 Å². The summed E-state index contributed by atoms with van der Waals surface area (Å²) in [6.07, 6.45) is 0. The molecule has 0 spiro atoms. The summed E-state index contributed by atoms with van der Waals surface area (Å²) >= 11 is 2.18. The molecule has 3 N–H and O–H groups in total.